The number of amides is 1. The number of fused-ring (bicyclic) bond motifs is 1. The Morgan fingerprint density at radius 2 is 2.27 bits per heavy atom. The maximum absolute atomic E-state index is 12.2. The number of hydrogen-bond acceptors (Lipinski definition) is 5. The highest BCUT2D eigenvalue weighted by Gasteiger charge is 2.30. The Kier molecular flexibility index (Phi) is 3.99. The molecule has 7 heteroatoms. The summed E-state index contributed by atoms with van der Waals surface area (Å²) in [7, 11) is 0. The Balaban J connectivity index is 1.77. The lowest BCUT2D eigenvalue weighted by Crippen LogP contribution is -2.42. The monoisotopic (exact) mass is 320 g/mol. The number of imidazole rings is 1. The normalized spacial score (nSPS) is 19.4. The summed E-state index contributed by atoms with van der Waals surface area (Å²) in [5.74, 6) is 0.878. The van der Waals surface area contributed by atoms with Gasteiger partial charge < -0.3 is 14.0 Å². The maximum atomic E-state index is 12.2. The number of carbonyl (C=O) groups is 1. The Labute approximate surface area is 133 Å². The zero-order valence-electron chi connectivity index (χ0n) is 13.0. The van der Waals surface area contributed by atoms with Crippen LogP contribution in [0.5, 0.6) is 0 Å². The lowest BCUT2D eigenvalue weighted by molar-refractivity contribution is 0.0256. The molecule has 0 bridgehead atoms. The van der Waals surface area contributed by atoms with Gasteiger partial charge in [-0.25, -0.2) is 9.78 Å². The molecule has 6 nitrogen and oxygen atoms in total. The van der Waals surface area contributed by atoms with E-state index in [1.54, 1.807) is 17.4 Å². The largest absolute Gasteiger partial charge is 0.444 e. The molecule has 3 rings (SSSR count). The number of rotatable bonds is 1. The molecule has 1 aliphatic rings. The molecule has 0 saturated carbocycles. The molecule has 0 N–H and O–H groups in total. The number of hydrogen-bond donors (Lipinski definition) is 0. The van der Waals surface area contributed by atoms with E-state index in [0.29, 0.717) is 13.1 Å². The molecular weight excluding hydrogens is 300 g/mol. The highest BCUT2D eigenvalue weighted by molar-refractivity contribution is 7.99. The van der Waals surface area contributed by atoms with Gasteiger partial charge in [-0.1, -0.05) is 0 Å². The molecular formula is C15H20N4O2S. The molecule has 1 atom stereocenters. The molecule has 2 aromatic heterocycles. The smallest absolute Gasteiger partial charge is 0.410 e. The quantitative estimate of drug-likeness (QED) is 0.808. The van der Waals surface area contributed by atoms with Crippen molar-refractivity contribution in [3.8, 4) is 0 Å². The fourth-order valence-electron chi connectivity index (χ4n) is 2.42. The second-order valence-electron chi connectivity index (χ2n) is 6.28. The third kappa shape index (κ3) is 3.19. The summed E-state index contributed by atoms with van der Waals surface area (Å²) in [6.07, 6.45) is 6.97. The minimum atomic E-state index is -0.470. The lowest BCUT2D eigenvalue weighted by atomic mass is 10.2. The van der Waals surface area contributed by atoms with E-state index in [1.165, 1.54) is 0 Å². The van der Waals surface area contributed by atoms with Crippen LogP contribution in [-0.2, 0) is 4.74 Å². The van der Waals surface area contributed by atoms with E-state index in [0.717, 1.165) is 17.0 Å². The third-order valence-corrected chi connectivity index (χ3v) is 4.59. The summed E-state index contributed by atoms with van der Waals surface area (Å²) in [6, 6.07) is 0. The van der Waals surface area contributed by atoms with Crippen LogP contribution in [0.25, 0.3) is 5.52 Å². The van der Waals surface area contributed by atoms with Crippen LogP contribution in [0.1, 0.15) is 31.7 Å². The number of nitrogens with zero attached hydrogens (tertiary/aromatic N) is 4. The van der Waals surface area contributed by atoms with Crippen LogP contribution in [0, 0.1) is 0 Å². The molecule has 0 spiro atoms. The summed E-state index contributed by atoms with van der Waals surface area (Å²) in [5, 5.41) is 0.149. The van der Waals surface area contributed by atoms with Crippen molar-refractivity contribution in [2.45, 2.75) is 31.6 Å². The average molecular weight is 320 g/mol. The first-order valence-electron chi connectivity index (χ1n) is 7.30. The maximum Gasteiger partial charge on any atom is 0.410 e. The number of thioether (sulfide) groups is 1. The van der Waals surface area contributed by atoms with Crippen LogP contribution in [0.2, 0.25) is 0 Å². The van der Waals surface area contributed by atoms with Crippen LogP contribution in [0.3, 0.4) is 0 Å². The van der Waals surface area contributed by atoms with E-state index in [9.17, 15) is 4.79 Å². The Hall–Kier alpha value is -1.76. The summed E-state index contributed by atoms with van der Waals surface area (Å²) >= 11 is 1.82. The SMILES string of the molecule is CC(C)(C)OC(=O)N1CCSC(c2ncn3ccncc23)C1. The molecule has 0 aromatic carbocycles. The molecule has 1 saturated heterocycles. The van der Waals surface area contributed by atoms with Crippen LogP contribution >= 0.6 is 11.8 Å². The van der Waals surface area contributed by atoms with Gasteiger partial charge in [0, 0.05) is 31.2 Å². The highest BCUT2D eigenvalue weighted by atomic mass is 32.2. The second kappa shape index (κ2) is 5.79. The summed E-state index contributed by atoms with van der Waals surface area (Å²) in [6.45, 7) is 6.97. The summed E-state index contributed by atoms with van der Waals surface area (Å²) in [4.78, 5) is 22.7. The molecule has 1 unspecified atom stereocenters. The first-order chi connectivity index (χ1) is 10.4. The van der Waals surface area contributed by atoms with E-state index in [4.69, 9.17) is 4.74 Å². The summed E-state index contributed by atoms with van der Waals surface area (Å²) in [5.41, 5.74) is 1.50. The Bertz CT molecular complexity index is 679. The first kappa shape index (κ1) is 15.1. The standard InChI is InChI=1S/C15H20N4O2S/c1-15(2,3)21-14(20)18-6-7-22-12(9-18)13-11-8-16-4-5-19(11)10-17-13/h4-5,8,10,12H,6-7,9H2,1-3H3. The lowest BCUT2D eigenvalue weighted by Gasteiger charge is -2.33. The molecule has 3 heterocycles. The van der Waals surface area contributed by atoms with Gasteiger partial charge in [0.05, 0.1) is 29.0 Å². The van der Waals surface area contributed by atoms with Gasteiger partial charge in [-0.3, -0.25) is 4.98 Å². The van der Waals surface area contributed by atoms with Gasteiger partial charge in [0.25, 0.3) is 0 Å². The Morgan fingerprint density at radius 1 is 1.45 bits per heavy atom. The molecule has 118 valence electrons. The highest BCUT2D eigenvalue weighted by Crippen LogP contribution is 2.34. The van der Waals surface area contributed by atoms with Gasteiger partial charge in [0.2, 0.25) is 0 Å². The van der Waals surface area contributed by atoms with Gasteiger partial charge in [0.1, 0.15) is 5.60 Å². The molecule has 22 heavy (non-hydrogen) atoms. The fraction of sp³-hybridized carbons (Fsp3) is 0.533. The van der Waals surface area contributed by atoms with E-state index in [2.05, 4.69) is 9.97 Å². The van der Waals surface area contributed by atoms with Crippen molar-refractivity contribution >= 4 is 23.4 Å². The van der Waals surface area contributed by atoms with Gasteiger partial charge in [-0.15, -0.1) is 11.8 Å². The predicted octanol–water partition coefficient (Wildman–Crippen LogP) is 2.75. The molecule has 1 fully saturated rings. The topological polar surface area (TPSA) is 59.7 Å². The van der Waals surface area contributed by atoms with Crippen molar-refractivity contribution in [3.63, 3.8) is 0 Å². The van der Waals surface area contributed by atoms with Crippen molar-refractivity contribution in [2.24, 2.45) is 0 Å². The van der Waals surface area contributed by atoms with Gasteiger partial charge in [-0.05, 0) is 20.8 Å². The van der Waals surface area contributed by atoms with Crippen molar-refractivity contribution in [3.05, 3.63) is 30.6 Å². The number of ether oxygens (including phenoxy) is 1. The molecule has 1 amide bonds. The average Bonchev–Trinajstić information content (AvgIpc) is 2.89. The fourth-order valence-corrected chi connectivity index (χ4v) is 3.65. The van der Waals surface area contributed by atoms with Gasteiger partial charge >= 0.3 is 6.09 Å². The minimum absolute atomic E-state index is 0.149. The van der Waals surface area contributed by atoms with Gasteiger partial charge in [0.15, 0.2) is 0 Å². The van der Waals surface area contributed by atoms with Gasteiger partial charge in [-0.2, -0.15) is 0 Å². The number of aromatic nitrogens is 3. The molecule has 0 aliphatic carbocycles. The summed E-state index contributed by atoms with van der Waals surface area (Å²) < 4.78 is 7.42. The zero-order chi connectivity index (χ0) is 15.7. The number of carbonyl (C=O) groups excluding carboxylic acids is 1. The Morgan fingerprint density at radius 3 is 3.05 bits per heavy atom. The van der Waals surface area contributed by atoms with E-state index < -0.39 is 5.60 Å². The van der Waals surface area contributed by atoms with Crippen molar-refractivity contribution in [1.82, 2.24) is 19.3 Å². The zero-order valence-corrected chi connectivity index (χ0v) is 13.8. The molecule has 0 radical (unpaired) electrons. The van der Waals surface area contributed by atoms with Crippen LogP contribution in [0.15, 0.2) is 24.9 Å². The van der Waals surface area contributed by atoms with Crippen LogP contribution in [-0.4, -0.2) is 49.8 Å². The van der Waals surface area contributed by atoms with E-state index in [1.807, 2.05) is 49.3 Å². The van der Waals surface area contributed by atoms with Crippen LogP contribution < -0.4 is 0 Å². The van der Waals surface area contributed by atoms with E-state index in [-0.39, 0.29) is 11.3 Å². The van der Waals surface area contributed by atoms with Crippen molar-refractivity contribution in [2.75, 3.05) is 18.8 Å². The minimum Gasteiger partial charge on any atom is -0.444 e. The molecule has 2 aromatic rings. The van der Waals surface area contributed by atoms with Crippen molar-refractivity contribution < 1.29 is 9.53 Å². The third-order valence-electron chi connectivity index (χ3n) is 3.40. The molecule has 1 aliphatic heterocycles. The van der Waals surface area contributed by atoms with Crippen molar-refractivity contribution in [1.29, 1.82) is 0 Å². The first-order valence-corrected chi connectivity index (χ1v) is 8.35. The second-order valence-corrected chi connectivity index (χ2v) is 7.60. The van der Waals surface area contributed by atoms with Crippen LogP contribution in [0.4, 0.5) is 4.79 Å². The van der Waals surface area contributed by atoms with E-state index >= 15 is 0 Å². The predicted molar refractivity (Wildman–Crippen MR) is 86.0 cm³/mol.